The maximum atomic E-state index is 14.2. The van der Waals surface area contributed by atoms with Crippen LogP contribution in [0.4, 0.5) is 4.79 Å². The molecule has 0 spiro atoms. The molecule has 1 amide bonds. The van der Waals surface area contributed by atoms with Gasteiger partial charge in [-0.05, 0) is 44.2 Å². The predicted molar refractivity (Wildman–Crippen MR) is 306 cm³/mol. The SMILES string of the molecule is CC[C@H](C)C1O[C@H](OC2[C@H](P[B]B=O)C([C@@H](C)CC)O[C@H](O[C@@H]3C(C)C[C@](OCCCCCN(Cc4ccccc4)C(=O)OCc4ccccc4)(C(=O)OC)OC3[C@H]3COC(C)(C)O3)[C@@H]2OC(C)=O)C(OC(C)=O)C(C)[C@@H]1P[B]B=O. The van der Waals surface area contributed by atoms with Crippen molar-refractivity contribution in [2.24, 2.45) is 23.7 Å². The van der Waals surface area contributed by atoms with Crippen LogP contribution < -0.4 is 0 Å². The van der Waals surface area contributed by atoms with E-state index in [9.17, 15) is 28.6 Å². The first-order chi connectivity index (χ1) is 38.8. The Bertz CT molecular complexity index is 2320. The summed E-state index contributed by atoms with van der Waals surface area (Å²) >= 11 is 0. The Kier molecular flexibility index (Phi) is 26.5. The first-order valence-electron chi connectivity index (χ1n) is 28.5. The second-order valence-electron chi connectivity index (χ2n) is 22.1. The van der Waals surface area contributed by atoms with Gasteiger partial charge in [0.2, 0.25) is 0 Å². The average Bonchev–Trinajstić information content (AvgIpc) is 4.05. The molecule has 9 unspecified atom stereocenters. The van der Waals surface area contributed by atoms with E-state index in [1.165, 1.54) is 27.8 Å². The molecule has 19 nitrogen and oxygen atoms in total. The number of hydrogen-bond acceptors (Lipinski definition) is 18. The van der Waals surface area contributed by atoms with E-state index < -0.39 is 109 Å². The van der Waals surface area contributed by atoms with E-state index in [0.29, 0.717) is 45.8 Å². The molecule has 2 aromatic carbocycles. The minimum atomic E-state index is -1.92. The van der Waals surface area contributed by atoms with Crippen molar-refractivity contribution in [3.63, 3.8) is 0 Å². The van der Waals surface area contributed by atoms with Crippen LogP contribution in [0.25, 0.3) is 0 Å². The van der Waals surface area contributed by atoms with E-state index in [2.05, 4.69) is 6.92 Å². The van der Waals surface area contributed by atoms with Crippen LogP contribution in [0.5, 0.6) is 0 Å². The number of rotatable bonds is 29. The van der Waals surface area contributed by atoms with Gasteiger partial charge >= 0.3 is 324 Å². The van der Waals surface area contributed by atoms with Crippen LogP contribution >= 0.6 is 16.9 Å². The standard InChI is InChI=1S/C56H83B4NO18P2/c1-12-33(3)43-49(80-59-57-66)36(6)45(72-37(7)62)51(75-43)77-47-48(73-38(8)63)52(76-44(34(4)13-2)50(47)81-60-58-67)74-42-35(5)29-56(53(64)68-11,79-46(42)41-32-71-55(9,10)78-41)70-28-22-16-21-27-61(30-39-23-17-14-18-24-39)54(65)69-31-40-25-19-15-20-26-40/h14-15,17-20,23-26,33-36,41-52,80-81H,12-13,16,21-22,27-32H2,1-11H3/t33-,34-,35?,36?,41+,42+,43?,44?,45?,46?,47?,48+,49-,50+,51+,52-,56+/m0/s1. The van der Waals surface area contributed by atoms with E-state index in [1.807, 2.05) is 95.3 Å². The fraction of sp³-hybridized carbons (Fsp3) is 0.714. The second kappa shape index (κ2) is 32.1. The van der Waals surface area contributed by atoms with Gasteiger partial charge in [0.25, 0.3) is 0 Å². The zero-order chi connectivity index (χ0) is 58.9. The summed E-state index contributed by atoms with van der Waals surface area (Å²) in [6.07, 6.45) is -7.08. The van der Waals surface area contributed by atoms with E-state index in [4.69, 9.17) is 56.8 Å². The van der Waals surface area contributed by atoms with Crippen LogP contribution in [0.3, 0.4) is 0 Å². The van der Waals surface area contributed by atoms with Gasteiger partial charge in [-0.25, -0.2) is 9.59 Å². The molecule has 0 saturated carbocycles. The summed E-state index contributed by atoms with van der Waals surface area (Å²) in [5.74, 6) is -6.02. The summed E-state index contributed by atoms with van der Waals surface area (Å²) in [7, 11) is 2.63. The number of nitrogens with zero attached hydrogens (tertiary/aromatic N) is 1. The summed E-state index contributed by atoms with van der Waals surface area (Å²) < 4.78 is 101. The monoisotopic (exact) mass is 1160 g/mol. The summed E-state index contributed by atoms with van der Waals surface area (Å²) in [4.78, 5) is 55.6. The van der Waals surface area contributed by atoms with Crippen LogP contribution in [0.2, 0.25) is 0 Å². The zero-order valence-corrected chi connectivity index (χ0v) is 50.9. The fourth-order valence-electron chi connectivity index (χ4n) is 11.2. The normalized spacial score (nSPS) is 31.8. The molecular formula is C56H83B4NO18P2. The number of ether oxygens (including phenoxy) is 12. The molecule has 0 N–H and O–H groups in total. The summed E-state index contributed by atoms with van der Waals surface area (Å²) in [5.41, 5.74) is 1.06. The molecule has 2 radical (unpaired) electrons. The van der Waals surface area contributed by atoms with Crippen LogP contribution in [0.15, 0.2) is 60.7 Å². The van der Waals surface area contributed by atoms with Gasteiger partial charge in [-0.15, -0.1) is 0 Å². The van der Waals surface area contributed by atoms with Crippen molar-refractivity contribution in [2.75, 3.05) is 26.9 Å². The molecule has 4 saturated heterocycles. The Morgan fingerprint density at radius 1 is 0.741 bits per heavy atom. The summed E-state index contributed by atoms with van der Waals surface area (Å²) in [6, 6.07) is 19.2. The molecule has 81 heavy (non-hydrogen) atoms. The maximum absolute atomic E-state index is 14.2. The fourth-order valence-corrected chi connectivity index (χ4v) is 13.9. The van der Waals surface area contributed by atoms with Gasteiger partial charge in [-0.1, -0.05) is 60.7 Å². The molecule has 0 aliphatic carbocycles. The van der Waals surface area contributed by atoms with Crippen molar-refractivity contribution >= 4 is 68.8 Å². The van der Waals surface area contributed by atoms with Crippen molar-refractivity contribution in [1.29, 1.82) is 0 Å². The van der Waals surface area contributed by atoms with Crippen molar-refractivity contribution in [3.05, 3.63) is 71.8 Å². The van der Waals surface area contributed by atoms with Crippen LogP contribution in [-0.2, 0) is 93.8 Å². The van der Waals surface area contributed by atoms with Gasteiger partial charge in [-0.2, -0.15) is 0 Å². The summed E-state index contributed by atoms with van der Waals surface area (Å²) in [5, 5.41) is 0. The molecule has 25 heteroatoms. The Morgan fingerprint density at radius 3 is 1.88 bits per heavy atom. The van der Waals surface area contributed by atoms with Crippen LogP contribution in [0.1, 0.15) is 119 Å². The number of methoxy groups -OCH3 is 1. The van der Waals surface area contributed by atoms with E-state index in [1.54, 1.807) is 25.6 Å². The van der Waals surface area contributed by atoms with Crippen LogP contribution in [-0.4, -0.2) is 168 Å². The Morgan fingerprint density at radius 2 is 1.31 bits per heavy atom. The number of unbranched alkanes of at least 4 members (excludes halogenated alkanes) is 2. The molecule has 442 valence electrons. The predicted octanol–water partition coefficient (Wildman–Crippen LogP) is 7.53. The van der Waals surface area contributed by atoms with Gasteiger partial charge in [0, 0.05) is 13.1 Å². The third-order valence-electron chi connectivity index (χ3n) is 15.7. The molecule has 0 bridgehead atoms. The molecule has 19 atom stereocenters. The topological polar surface area (TPSA) is 216 Å². The van der Waals surface area contributed by atoms with Gasteiger partial charge in [0.05, 0.1) is 13.7 Å². The average molecular weight is 1160 g/mol. The number of carbonyl (C=O) groups excluding carboxylic acids is 4. The first kappa shape index (κ1) is 66.7. The quantitative estimate of drug-likeness (QED) is 0.0253. The van der Waals surface area contributed by atoms with Crippen molar-refractivity contribution in [2.45, 2.75) is 205 Å². The third-order valence-corrected chi connectivity index (χ3v) is 18.6. The number of amides is 1. The van der Waals surface area contributed by atoms with Crippen LogP contribution in [0, 0.1) is 23.7 Å². The minimum absolute atomic E-state index is 0.0000507. The molecule has 4 heterocycles. The Labute approximate surface area is 484 Å². The number of hydrogen-bond donors (Lipinski definition) is 0. The van der Waals surface area contributed by atoms with Crippen molar-refractivity contribution in [3.8, 4) is 0 Å². The van der Waals surface area contributed by atoms with E-state index >= 15 is 0 Å². The van der Waals surface area contributed by atoms with Gasteiger partial charge in [-0.3, -0.25) is 0 Å². The molecule has 6 rings (SSSR count). The summed E-state index contributed by atoms with van der Waals surface area (Å²) in [6.45, 7) is 22.2. The van der Waals surface area contributed by atoms with Gasteiger partial charge in [0.15, 0.2) is 0 Å². The molecule has 4 aliphatic rings. The molecule has 4 aliphatic heterocycles. The first-order valence-corrected chi connectivity index (χ1v) is 30.8. The van der Waals surface area contributed by atoms with Gasteiger partial charge < -0.3 is 14.4 Å². The second-order valence-corrected chi connectivity index (χ2v) is 24.8. The molecular weight excluding hydrogens is 1080 g/mol. The molecule has 4 fully saturated rings. The Balaban J connectivity index is 1.27. The van der Waals surface area contributed by atoms with Gasteiger partial charge in [0.1, 0.15) is 6.61 Å². The number of benzene rings is 2. The van der Waals surface area contributed by atoms with E-state index in [-0.39, 0.29) is 66.6 Å². The van der Waals surface area contributed by atoms with E-state index in [0.717, 1.165) is 24.6 Å². The van der Waals surface area contributed by atoms with Crippen molar-refractivity contribution in [1.82, 2.24) is 4.90 Å². The molecule has 2 aromatic rings. The molecule has 0 aromatic heterocycles. The number of carbonyl (C=O) groups is 4. The Hall–Kier alpha value is -3.48. The zero-order valence-electron chi connectivity index (χ0n) is 48.9. The number of esters is 3. The third kappa shape index (κ3) is 18.3. The van der Waals surface area contributed by atoms with Crippen molar-refractivity contribution < 1.29 is 85.4 Å².